The van der Waals surface area contributed by atoms with Crippen LogP contribution in [-0.4, -0.2) is 4.98 Å². The van der Waals surface area contributed by atoms with Crippen molar-refractivity contribution in [3.05, 3.63) is 29.1 Å². The molecule has 1 nitrogen and oxygen atoms in total. The summed E-state index contributed by atoms with van der Waals surface area (Å²) in [6.45, 7) is 4.49. The van der Waals surface area contributed by atoms with Crippen LogP contribution in [0.5, 0.6) is 0 Å². The molecule has 74 valence electrons. The minimum Gasteiger partial charge on any atom is -0.260 e. The van der Waals surface area contributed by atoms with Gasteiger partial charge in [0.25, 0.3) is 0 Å². The van der Waals surface area contributed by atoms with E-state index in [0.717, 1.165) is 11.8 Å². The maximum Gasteiger partial charge on any atom is 0.0469 e. The molecule has 0 amide bonds. The lowest BCUT2D eigenvalue weighted by molar-refractivity contribution is 0.691. The number of pyridine rings is 1. The highest BCUT2D eigenvalue weighted by Gasteiger charge is 2.37. The number of rotatable bonds is 1. The Kier molecular flexibility index (Phi) is 1.70. The van der Waals surface area contributed by atoms with Gasteiger partial charge in [-0.25, -0.2) is 0 Å². The van der Waals surface area contributed by atoms with Crippen LogP contribution < -0.4 is 0 Å². The lowest BCUT2D eigenvalue weighted by Gasteiger charge is -2.16. The topological polar surface area (TPSA) is 12.9 Å². The fourth-order valence-corrected chi connectivity index (χ4v) is 3.01. The summed E-state index contributed by atoms with van der Waals surface area (Å²) in [4.78, 5) is 4.66. The Morgan fingerprint density at radius 2 is 2.07 bits per heavy atom. The van der Waals surface area contributed by atoms with Crippen LogP contribution in [0.15, 0.2) is 12.3 Å². The predicted molar refractivity (Wildman–Crippen MR) is 57.7 cm³/mol. The van der Waals surface area contributed by atoms with Crippen LogP contribution in [0.3, 0.4) is 0 Å². The largest absolute Gasteiger partial charge is 0.260 e. The van der Waals surface area contributed by atoms with Crippen molar-refractivity contribution in [3.63, 3.8) is 0 Å². The molecule has 1 aromatic heterocycles. The van der Waals surface area contributed by atoms with Crippen LogP contribution in [0.1, 0.15) is 67.7 Å². The quantitative estimate of drug-likeness (QED) is 0.655. The van der Waals surface area contributed by atoms with Crippen molar-refractivity contribution in [3.8, 4) is 0 Å². The fourth-order valence-electron chi connectivity index (χ4n) is 3.01. The van der Waals surface area contributed by atoms with Crippen LogP contribution in [0.25, 0.3) is 0 Å². The van der Waals surface area contributed by atoms with E-state index in [0.29, 0.717) is 5.92 Å². The SMILES string of the molecule is CC(C)c1cnc2c(c1)C1CCC2C1. The molecule has 14 heavy (non-hydrogen) atoms. The molecular formula is C13H17N. The van der Waals surface area contributed by atoms with Crippen molar-refractivity contribution >= 4 is 0 Å². The lowest BCUT2D eigenvalue weighted by atomic mass is 9.93. The zero-order valence-electron chi connectivity index (χ0n) is 8.96. The molecule has 0 aliphatic heterocycles. The van der Waals surface area contributed by atoms with Gasteiger partial charge in [-0.3, -0.25) is 4.98 Å². The summed E-state index contributed by atoms with van der Waals surface area (Å²) >= 11 is 0. The minimum atomic E-state index is 0.618. The normalized spacial score (nSPS) is 28.5. The van der Waals surface area contributed by atoms with E-state index in [9.17, 15) is 0 Å². The summed E-state index contributed by atoms with van der Waals surface area (Å²) in [7, 11) is 0. The van der Waals surface area contributed by atoms with Gasteiger partial charge >= 0.3 is 0 Å². The Labute approximate surface area is 85.6 Å². The molecule has 1 fully saturated rings. The van der Waals surface area contributed by atoms with E-state index < -0.39 is 0 Å². The van der Waals surface area contributed by atoms with Crippen LogP contribution in [0, 0.1) is 0 Å². The van der Waals surface area contributed by atoms with Crippen LogP contribution in [0.2, 0.25) is 0 Å². The highest BCUT2D eigenvalue weighted by atomic mass is 14.7. The van der Waals surface area contributed by atoms with E-state index >= 15 is 0 Å². The zero-order valence-corrected chi connectivity index (χ0v) is 8.96. The van der Waals surface area contributed by atoms with E-state index in [1.165, 1.54) is 30.5 Å². The second-order valence-corrected chi connectivity index (χ2v) is 5.10. The van der Waals surface area contributed by atoms with Crippen LogP contribution in [0.4, 0.5) is 0 Å². The van der Waals surface area contributed by atoms with E-state index in [1.54, 1.807) is 5.56 Å². The molecule has 2 unspecified atom stereocenters. The number of fused-ring (bicyclic) bond motifs is 5. The Morgan fingerprint density at radius 1 is 1.29 bits per heavy atom. The third kappa shape index (κ3) is 1.05. The molecule has 1 saturated carbocycles. The smallest absolute Gasteiger partial charge is 0.0469 e. The molecule has 2 atom stereocenters. The highest BCUT2D eigenvalue weighted by Crippen LogP contribution is 2.52. The van der Waals surface area contributed by atoms with Gasteiger partial charge in [-0.1, -0.05) is 19.9 Å². The molecule has 0 radical (unpaired) electrons. The average molecular weight is 187 g/mol. The molecule has 1 heterocycles. The van der Waals surface area contributed by atoms with Crippen molar-refractivity contribution in [2.75, 3.05) is 0 Å². The summed E-state index contributed by atoms with van der Waals surface area (Å²) in [5.74, 6) is 2.27. The number of hydrogen-bond donors (Lipinski definition) is 0. The van der Waals surface area contributed by atoms with Crippen molar-refractivity contribution in [2.45, 2.75) is 50.9 Å². The third-order valence-corrected chi connectivity index (χ3v) is 3.90. The maximum absolute atomic E-state index is 4.66. The first-order valence-electron chi connectivity index (χ1n) is 5.75. The van der Waals surface area contributed by atoms with Crippen molar-refractivity contribution in [1.29, 1.82) is 0 Å². The molecule has 0 aromatic carbocycles. The molecule has 0 saturated heterocycles. The average Bonchev–Trinajstić information content (AvgIpc) is 2.77. The van der Waals surface area contributed by atoms with Gasteiger partial charge < -0.3 is 0 Å². The van der Waals surface area contributed by atoms with E-state index in [1.807, 2.05) is 0 Å². The van der Waals surface area contributed by atoms with E-state index in [2.05, 4.69) is 31.1 Å². The van der Waals surface area contributed by atoms with Crippen LogP contribution in [-0.2, 0) is 0 Å². The molecule has 2 aliphatic carbocycles. The molecule has 0 N–H and O–H groups in total. The molecule has 1 aromatic rings. The summed E-state index contributed by atoms with van der Waals surface area (Å²) in [5.41, 5.74) is 4.41. The number of hydrogen-bond acceptors (Lipinski definition) is 1. The Balaban J connectivity index is 2.08. The summed E-state index contributed by atoms with van der Waals surface area (Å²) < 4.78 is 0. The molecule has 1 heteroatoms. The Bertz CT molecular complexity index is 367. The van der Waals surface area contributed by atoms with Gasteiger partial charge in [-0.05, 0) is 42.2 Å². The van der Waals surface area contributed by atoms with Gasteiger partial charge in [-0.15, -0.1) is 0 Å². The number of nitrogens with zero attached hydrogens (tertiary/aromatic N) is 1. The third-order valence-electron chi connectivity index (χ3n) is 3.90. The monoisotopic (exact) mass is 187 g/mol. The van der Waals surface area contributed by atoms with Crippen molar-refractivity contribution < 1.29 is 0 Å². The van der Waals surface area contributed by atoms with Gasteiger partial charge in [0.15, 0.2) is 0 Å². The summed E-state index contributed by atoms with van der Waals surface area (Å²) in [6, 6.07) is 2.41. The van der Waals surface area contributed by atoms with Gasteiger partial charge in [-0.2, -0.15) is 0 Å². The second-order valence-electron chi connectivity index (χ2n) is 5.10. The van der Waals surface area contributed by atoms with Crippen molar-refractivity contribution in [1.82, 2.24) is 4.98 Å². The Hall–Kier alpha value is -0.850. The molecular weight excluding hydrogens is 170 g/mol. The highest BCUT2D eigenvalue weighted by molar-refractivity contribution is 5.39. The van der Waals surface area contributed by atoms with Gasteiger partial charge in [0.05, 0.1) is 0 Å². The first-order chi connectivity index (χ1) is 6.75. The van der Waals surface area contributed by atoms with E-state index in [4.69, 9.17) is 0 Å². The van der Waals surface area contributed by atoms with Gasteiger partial charge in [0.2, 0.25) is 0 Å². The summed E-state index contributed by atoms with van der Waals surface area (Å²) in [6.07, 6.45) is 6.25. The molecule has 2 aliphatic rings. The molecule has 0 spiro atoms. The predicted octanol–water partition coefficient (Wildman–Crippen LogP) is 3.57. The van der Waals surface area contributed by atoms with Crippen LogP contribution >= 0.6 is 0 Å². The molecule has 3 rings (SSSR count). The molecule has 2 bridgehead atoms. The second kappa shape index (κ2) is 2.82. The maximum atomic E-state index is 4.66. The van der Waals surface area contributed by atoms with Gasteiger partial charge in [0, 0.05) is 17.8 Å². The summed E-state index contributed by atoms with van der Waals surface area (Å²) in [5, 5.41) is 0. The minimum absolute atomic E-state index is 0.618. The zero-order chi connectivity index (χ0) is 9.71. The first kappa shape index (κ1) is 8.46. The van der Waals surface area contributed by atoms with Crippen molar-refractivity contribution in [2.24, 2.45) is 0 Å². The van der Waals surface area contributed by atoms with E-state index in [-0.39, 0.29) is 0 Å². The standard InChI is InChI=1S/C13H17N/c1-8(2)11-6-12-9-3-4-10(5-9)13(12)14-7-11/h6-10H,3-5H2,1-2H3. The first-order valence-corrected chi connectivity index (χ1v) is 5.75. The fraction of sp³-hybridized carbons (Fsp3) is 0.615. The Morgan fingerprint density at radius 3 is 2.86 bits per heavy atom. The number of aromatic nitrogens is 1. The van der Waals surface area contributed by atoms with Gasteiger partial charge in [0.1, 0.15) is 0 Å². The lowest BCUT2D eigenvalue weighted by Crippen LogP contribution is -2.02.